The number of fused-ring (bicyclic) bond motifs is 1. The molecule has 2 heterocycles. The first-order valence-corrected chi connectivity index (χ1v) is 10.7. The number of nitrogens with zero attached hydrogens (tertiary/aromatic N) is 2. The largest absolute Gasteiger partial charge is 0.507 e. The van der Waals surface area contributed by atoms with Crippen LogP contribution in [0.4, 0.5) is 0 Å². The number of aliphatic hydroxyl groups is 1. The van der Waals surface area contributed by atoms with Crippen LogP contribution in [0.3, 0.4) is 0 Å². The number of aromatic hydroxyl groups is 1. The highest BCUT2D eigenvalue weighted by atomic mass is 16.3. The van der Waals surface area contributed by atoms with Crippen molar-refractivity contribution < 1.29 is 15.0 Å². The zero-order valence-corrected chi connectivity index (χ0v) is 17.5. The Balaban J connectivity index is 1.41. The highest BCUT2D eigenvalue weighted by Gasteiger charge is 2.25. The van der Waals surface area contributed by atoms with Crippen LogP contribution in [0.25, 0.3) is 11.0 Å². The maximum absolute atomic E-state index is 12.4. The molecule has 0 bridgehead atoms. The molecule has 1 fully saturated rings. The molecule has 1 aromatic heterocycles. The highest BCUT2D eigenvalue weighted by molar-refractivity contribution is 5.97. The number of rotatable bonds is 6. The number of hydrogen-bond acceptors (Lipinski definition) is 5. The van der Waals surface area contributed by atoms with E-state index in [2.05, 4.69) is 15.2 Å². The lowest BCUT2D eigenvalue weighted by Crippen LogP contribution is -2.39. The third-order valence-electron chi connectivity index (χ3n) is 5.96. The Hall–Kier alpha value is -3.10. The van der Waals surface area contributed by atoms with E-state index in [-0.39, 0.29) is 29.0 Å². The molecule has 1 amide bonds. The van der Waals surface area contributed by atoms with Gasteiger partial charge in [-0.15, -0.1) is 0 Å². The van der Waals surface area contributed by atoms with Crippen LogP contribution in [0.15, 0.2) is 47.3 Å². The number of carbonyl (C=O) groups is 1. The van der Waals surface area contributed by atoms with Crippen molar-refractivity contribution in [1.82, 2.24) is 19.8 Å². The number of aliphatic hydroxyl groups excluding tert-OH is 1. The van der Waals surface area contributed by atoms with Crippen molar-refractivity contribution in [3.8, 4) is 5.75 Å². The van der Waals surface area contributed by atoms with Gasteiger partial charge in [-0.05, 0) is 49.6 Å². The summed E-state index contributed by atoms with van der Waals surface area (Å²) in [4.78, 5) is 29.6. The fourth-order valence-corrected chi connectivity index (χ4v) is 4.35. The van der Waals surface area contributed by atoms with Crippen LogP contribution in [0.2, 0.25) is 0 Å². The van der Waals surface area contributed by atoms with Crippen LogP contribution >= 0.6 is 0 Å². The predicted molar refractivity (Wildman–Crippen MR) is 118 cm³/mol. The summed E-state index contributed by atoms with van der Waals surface area (Å²) in [6.45, 7) is 4.21. The van der Waals surface area contributed by atoms with E-state index in [1.165, 1.54) is 6.07 Å². The Morgan fingerprint density at radius 1 is 1.23 bits per heavy atom. The number of imidazole rings is 1. The van der Waals surface area contributed by atoms with Crippen molar-refractivity contribution in [2.24, 2.45) is 0 Å². The normalized spacial score (nSPS) is 16.5. The molecule has 164 valence electrons. The molecule has 1 unspecified atom stereocenters. The first-order chi connectivity index (χ1) is 15.0. The van der Waals surface area contributed by atoms with Crippen molar-refractivity contribution in [2.75, 3.05) is 26.2 Å². The molecule has 0 saturated carbocycles. The second-order valence-corrected chi connectivity index (χ2v) is 8.00. The number of aromatic nitrogens is 2. The van der Waals surface area contributed by atoms with Gasteiger partial charge in [-0.25, -0.2) is 4.79 Å². The summed E-state index contributed by atoms with van der Waals surface area (Å²) in [6, 6.07) is 12.5. The molecule has 2 aromatic carbocycles. The number of nitrogens with one attached hydrogen (secondary N) is 2. The van der Waals surface area contributed by atoms with E-state index < -0.39 is 6.10 Å². The van der Waals surface area contributed by atoms with Gasteiger partial charge in [-0.2, -0.15) is 0 Å². The molecule has 4 N–H and O–H groups in total. The summed E-state index contributed by atoms with van der Waals surface area (Å²) in [6.07, 6.45) is 0.851. The molecule has 3 aromatic rings. The number of H-pyrrole nitrogens is 1. The van der Waals surface area contributed by atoms with Crippen molar-refractivity contribution in [2.45, 2.75) is 31.9 Å². The zero-order valence-electron chi connectivity index (χ0n) is 17.5. The molecule has 8 heteroatoms. The number of β-amino-alcohol motifs (C(OH)–C–C–N with tert-alkyl or cyclic N) is 1. The molecule has 31 heavy (non-hydrogen) atoms. The number of amides is 1. The second kappa shape index (κ2) is 8.95. The quantitative estimate of drug-likeness (QED) is 0.485. The molecule has 1 saturated heterocycles. The molecule has 1 atom stereocenters. The van der Waals surface area contributed by atoms with Crippen LogP contribution in [0, 0.1) is 0 Å². The smallest absolute Gasteiger partial charge is 0.326 e. The lowest BCUT2D eigenvalue weighted by molar-refractivity contribution is 0.0902. The van der Waals surface area contributed by atoms with E-state index in [4.69, 9.17) is 0 Å². The van der Waals surface area contributed by atoms with Gasteiger partial charge >= 0.3 is 5.69 Å². The van der Waals surface area contributed by atoms with Crippen LogP contribution in [0.5, 0.6) is 5.75 Å². The Bertz CT molecular complexity index is 1130. The summed E-state index contributed by atoms with van der Waals surface area (Å²) in [5, 5.41) is 23.4. The van der Waals surface area contributed by atoms with Crippen LogP contribution in [0.1, 0.15) is 47.8 Å². The Morgan fingerprint density at radius 2 is 1.97 bits per heavy atom. The summed E-state index contributed by atoms with van der Waals surface area (Å²) < 4.78 is 1.85. The van der Waals surface area contributed by atoms with Gasteiger partial charge in [0.05, 0.1) is 22.7 Å². The number of piperidine rings is 1. The first kappa shape index (κ1) is 21.1. The molecule has 0 radical (unpaired) electrons. The van der Waals surface area contributed by atoms with E-state index in [0.717, 1.165) is 37.0 Å². The summed E-state index contributed by atoms with van der Waals surface area (Å²) in [7, 11) is 0. The summed E-state index contributed by atoms with van der Waals surface area (Å²) in [5.74, 6) is -0.467. The summed E-state index contributed by atoms with van der Waals surface area (Å²) in [5.41, 5.74) is 2.44. The molecule has 8 nitrogen and oxygen atoms in total. The van der Waals surface area contributed by atoms with Crippen molar-refractivity contribution in [3.05, 3.63) is 64.1 Å². The average molecular weight is 425 g/mol. The number of phenols is 1. The topological polar surface area (TPSA) is 111 Å². The minimum Gasteiger partial charge on any atom is -0.507 e. The Kier molecular flexibility index (Phi) is 6.11. The van der Waals surface area contributed by atoms with Gasteiger partial charge < -0.3 is 25.4 Å². The fourth-order valence-electron chi connectivity index (χ4n) is 4.35. The Morgan fingerprint density at radius 3 is 2.71 bits per heavy atom. The minimum atomic E-state index is -0.777. The van der Waals surface area contributed by atoms with E-state index in [1.807, 2.05) is 35.8 Å². The number of para-hydroxylation sites is 2. The molecule has 1 aliphatic rings. The molecule has 0 spiro atoms. The monoisotopic (exact) mass is 424 g/mol. The average Bonchev–Trinajstić information content (AvgIpc) is 3.10. The molecule has 1 aliphatic heterocycles. The maximum atomic E-state index is 12.4. The van der Waals surface area contributed by atoms with Gasteiger partial charge in [-0.3, -0.25) is 9.36 Å². The van der Waals surface area contributed by atoms with E-state index >= 15 is 0 Å². The minimum absolute atomic E-state index is 0.0818. The molecular weight excluding hydrogens is 396 g/mol. The molecule has 0 aliphatic carbocycles. The van der Waals surface area contributed by atoms with E-state index in [0.29, 0.717) is 18.7 Å². The van der Waals surface area contributed by atoms with Gasteiger partial charge in [-0.1, -0.05) is 18.2 Å². The van der Waals surface area contributed by atoms with E-state index in [9.17, 15) is 19.8 Å². The SMILES string of the molecule is CCNC(=O)c1cc(C(O)CN2CCC(n3c(=O)[nH]c4ccccc43)CC2)ccc1O. The van der Waals surface area contributed by atoms with Gasteiger partial charge in [0.15, 0.2) is 0 Å². The third-order valence-corrected chi connectivity index (χ3v) is 5.96. The first-order valence-electron chi connectivity index (χ1n) is 10.7. The van der Waals surface area contributed by atoms with Crippen molar-refractivity contribution in [3.63, 3.8) is 0 Å². The highest BCUT2D eigenvalue weighted by Crippen LogP contribution is 2.27. The fraction of sp³-hybridized carbons (Fsp3) is 0.391. The number of phenolic OH excluding ortho intramolecular Hbond substituents is 1. The lowest BCUT2D eigenvalue weighted by Gasteiger charge is -2.33. The summed E-state index contributed by atoms with van der Waals surface area (Å²) >= 11 is 0. The van der Waals surface area contributed by atoms with Crippen LogP contribution in [-0.4, -0.2) is 56.8 Å². The van der Waals surface area contributed by atoms with Gasteiger partial charge in [0.25, 0.3) is 5.91 Å². The van der Waals surface area contributed by atoms with Gasteiger partial charge in [0.1, 0.15) is 5.75 Å². The predicted octanol–water partition coefficient (Wildman–Crippen LogP) is 2.16. The van der Waals surface area contributed by atoms with Gasteiger partial charge in [0.2, 0.25) is 0 Å². The van der Waals surface area contributed by atoms with E-state index in [1.54, 1.807) is 12.1 Å². The molecular formula is C23H28N4O4. The number of aromatic amines is 1. The lowest BCUT2D eigenvalue weighted by atomic mass is 10.0. The van der Waals surface area contributed by atoms with Crippen molar-refractivity contribution in [1.29, 1.82) is 0 Å². The van der Waals surface area contributed by atoms with Crippen molar-refractivity contribution >= 4 is 16.9 Å². The standard InChI is InChI=1S/C23H28N4O4/c1-2-24-22(30)17-13-15(7-8-20(17)28)21(29)14-26-11-9-16(10-12-26)27-19-6-4-3-5-18(19)25-23(27)31/h3-8,13,16,21,28-29H,2,9-12,14H2,1H3,(H,24,30)(H,25,31). The number of likely N-dealkylation sites (tertiary alicyclic amines) is 1. The third kappa shape index (κ3) is 4.35. The molecule has 4 rings (SSSR count). The van der Waals surface area contributed by atoms with Gasteiger partial charge in [0, 0.05) is 32.2 Å². The number of benzene rings is 2. The number of carbonyl (C=O) groups excluding carboxylic acids is 1. The maximum Gasteiger partial charge on any atom is 0.326 e. The number of hydrogen-bond donors (Lipinski definition) is 4. The Labute approximate surface area is 180 Å². The zero-order chi connectivity index (χ0) is 22.0. The van der Waals surface area contributed by atoms with Crippen LogP contribution in [-0.2, 0) is 0 Å². The second-order valence-electron chi connectivity index (χ2n) is 8.00. The van der Waals surface area contributed by atoms with Crippen LogP contribution < -0.4 is 11.0 Å².